The number of amides is 1. The molecule has 0 unspecified atom stereocenters. The summed E-state index contributed by atoms with van der Waals surface area (Å²) in [6, 6.07) is 10.9. The van der Waals surface area contributed by atoms with Crippen LogP contribution in [0, 0.1) is 0 Å². The third kappa shape index (κ3) is 4.52. The van der Waals surface area contributed by atoms with Gasteiger partial charge in [0.2, 0.25) is 0 Å². The number of aromatic nitrogens is 2. The summed E-state index contributed by atoms with van der Waals surface area (Å²) in [6.45, 7) is 1.75. The molecule has 0 saturated carbocycles. The molecule has 1 fully saturated rings. The summed E-state index contributed by atoms with van der Waals surface area (Å²) in [5.41, 5.74) is 2.49. The van der Waals surface area contributed by atoms with Gasteiger partial charge in [0.25, 0.3) is 5.91 Å². The van der Waals surface area contributed by atoms with Gasteiger partial charge in [0.15, 0.2) is 5.13 Å². The van der Waals surface area contributed by atoms with Gasteiger partial charge in [0.05, 0.1) is 22.5 Å². The fourth-order valence-electron chi connectivity index (χ4n) is 3.35. The van der Waals surface area contributed by atoms with E-state index in [2.05, 4.69) is 20.2 Å². The monoisotopic (exact) mass is 432 g/mol. The number of likely N-dealkylation sites (tertiary alicyclic amines) is 1. The number of pyridine rings is 1. The number of nitrogens with zero attached hydrogens (tertiary/aromatic N) is 3. The zero-order chi connectivity index (χ0) is 19.5. The average molecular weight is 433 g/mol. The average Bonchev–Trinajstić information content (AvgIpc) is 3.33. The second kappa shape index (κ2) is 8.57. The van der Waals surface area contributed by atoms with E-state index in [9.17, 15) is 4.79 Å². The highest BCUT2D eigenvalue weighted by Crippen LogP contribution is 2.34. The summed E-state index contributed by atoms with van der Waals surface area (Å²) < 4.78 is 0. The molecule has 4 rings (SSSR count). The predicted molar refractivity (Wildman–Crippen MR) is 113 cm³/mol. The first-order valence-corrected chi connectivity index (χ1v) is 10.6. The summed E-state index contributed by atoms with van der Waals surface area (Å²) in [7, 11) is 0. The van der Waals surface area contributed by atoms with Crippen molar-refractivity contribution < 1.29 is 4.79 Å². The number of benzene rings is 1. The van der Waals surface area contributed by atoms with Gasteiger partial charge < -0.3 is 0 Å². The second-order valence-electron chi connectivity index (χ2n) is 6.64. The molecule has 1 amide bonds. The highest BCUT2D eigenvalue weighted by Gasteiger charge is 2.28. The Bertz CT molecular complexity index is 976. The number of carbonyl (C=O) groups is 1. The van der Waals surface area contributed by atoms with E-state index >= 15 is 0 Å². The largest absolute Gasteiger partial charge is 0.298 e. The molecule has 1 N–H and O–H groups in total. The number of nitrogens with one attached hydrogen (secondary N) is 1. The molecule has 1 saturated heterocycles. The fourth-order valence-corrected chi connectivity index (χ4v) is 4.41. The van der Waals surface area contributed by atoms with Crippen molar-refractivity contribution in [2.45, 2.75) is 25.4 Å². The van der Waals surface area contributed by atoms with Crippen LogP contribution in [0.3, 0.4) is 0 Å². The van der Waals surface area contributed by atoms with E-state index in [4.69, 9.17) is 23.2 Å². The van der Waals surface area contributed by atoms with Crippen molar-refractivity contribution in [2.24, 2.45) is 0 Å². The van der Waals surface area contributed by atoms with Crippen LogP contribution in [-0.4, -0.2) is 27.3 Å². The molecule has 0 aliphatic carbocycles. The normalized spacial score (nSPS) is 17.0. The van der Waals surface area contributed by atoms with Gasteiger partial charge in [-0.05, 0) is 49.7 Å². The number of hydrogen-bond donors (Lipinski definition) is 1. The second-order valence-corrected chi connectivity index (χ2v) is 8.37. The Hall–Kier alpha value is -1.99. The van der Waals surface area contributed by atoms with Crippen LogP contribution in [0.1, 0.15) is 40.6 Å². The SMILES string of the molecule is O=C(Nc1nc([C@@H]2CCCN2Cc2ccc(Cl)cn2)cs1)c1cccc(Cl)c1. The maximum atomic E-state index is 12.4. The van der Waals surface area contributed by atoms with E-state index in [0.717, 1.165) is 37.3 Å². The van der Waals surface area contributed by atoms with E-state index in [-0.39, 0.29) is 11.9 Å². The van der Waals surface area contributed by atoms with E-state index in [0.29, 0.717) is 20.7 Å². The third-order valence-electron chi connectivity index (χ3n) is 4.69. The quantitative estimate of drug-likeness (QED) is 0.583. The molecule has 1 atom stereocenters. The smallest absolute Gasteiger partial charge is 0.257 e. The number of carbonyl (C=O) groups excluding carboxylic acids is 1. The standard InChI is InChI=1S/C20H18Cl2N4OS/c21-14-4-1-3-13(9-14)19(27)25-20-24-17(12-28-20)18-5-2-8-26(18)11-16-7-6-15(22)10-23-16/h1,3-4,6-7,9-10,12,18H,2,5,8,11H2,(H,24,25,27)/t18-/m0/s1. The lowest BCUT2D eigenvalue weighted by Gasteiger charge is -2.22. The van der Waals surface area contributed by atoms with Crippen molar-refractivity contribution in [3.05, 3.63) is 75.0 Å². The topological polar surface area (TPSA) is 58.1 Å². The van der Waals surface area contributed by atoms with Gasteiger partial charge in [-0.1, -0.05) is 29.3 Å². The molecule has 28 heavy (non-hydrogen) atoms. The Morgan fingerprint density at radius 2 is 2.14 bits per heavy atom. The van der Waals surface area contributed by atoms with E-state index < -0.39 is 0 Å². The number of hydrogen-bond acceptors (Lipinski definition) is 5. The summed E-state index contributed by atoms with van der Waals surface area (Å²) in [4.78, 5) is 23.8. The van der Waals surface area contributed by atoms with Crippen molar-refractivity contribution in [1.29, 1.82) is 0 Å². The molecule has 8 heteroatoms. The Kier molecular flexibility index (Phi) is 5.92. The van der Waals surface area contributed by atoms with Gasteiger partial charge in [-0.3, -0.25) is 20.0 Å². The first-order chi connectivity index (χ1) is 13.6. The zero-order valence-electron chi connectivity index (χ0n) is 14.9. The Labute approximate surface area is 177 Å². The lowest BCUT2D eigenvalue weighted by Crippen LogP contribution is -2.23. The summed E-state index contributed by atoms with van der Waals surface area (Å²) in [5, 5.41) is 6.65. The van der Waals surface area contributed by atoms with Gasteiger partial charge in [-0.2, -0.15) is 0 Å². The van der Waals surface area contributed by atoms with Crippen LogP contribution in [0.15, 0.2) is 48.0 Å². The first kappa shape index (κ1) is 19.3. The molecule has 1 aliphatic heterocycles. The molecule has 0 radical (unpaired) electrons. The van der Waals surface area contributed by atoms with Crippen LogP contribution in [0.4, 0.5) is 5.13 Å². The molecule has 144 valence electrons. The number of halogens is 2. The van der Waals surface area contributed by atoms with Crippen molar-refractivity contribution in [3.8, 4) is 0 Å². The molecule has 2 aromatic heterocycles. The molecule has 3 heterocycles. The number of anilines is 1. The molecule has 0 spiro atoms. The molecule has 1 aromatic carbocycles. The minimum absolute atomic E-state index is 0.211. The third-order valence-corrected chi connectivity index (χ3v) is 5.92. The van der Waals surface area contributed by atoms with Crippen molar-refractivity contribution >= 4 is 45.6 Å². The molecule has 0 bridgehead atoms. The summed E-state index contributed by atoms with van der Waals surface area (Å²) in [6.07, 6.45) is 3.83. The zero-order valence-corrected chi connectivity index (χ0v) is 17.3. The van der Waals surface area contributed by atoms with Crippen LogP contribution in [-0.2, 0) is 6.54 Å². The predicted octanol–water partition coefficient (Wildman–Crippen LogP) is 5.43. The van der Waals surface area contributed by atoms with Gasteiger partial charge in [0, 0.05) is 28.7 Å². The van der Waals surface area contributed by atoms with E-state index in [1.807, 2.05) is 17.5 Å². The minimum Gasteiger partial charge on any atom is -0.298 e. The van der Waals surface area contributed by atoms with E-state index in [1.54, 1.807) is 30.5 Å². The maximum absolute atomic E-state index is 12.4. The summed E-state index contributed by atoms with van der Waals surface area (Å²) >= 11 is 13.3. The van der Waals surface area contributed by atoms with Crippen molar-refractivity contribution in [3.63, 3.8) is 0 Å². The van der Waals surface area contributed by atoms with Crippen LogP contribution >= 0.6 is 34.5 Å². The fraction of sp³-hybridized carbons (Fsp3) is 0.250. The van der Waals surface area contributed by atoms with Gasteiger partial charge >= 0.3 is 0 Å². The van der Waals surface area contributed by atoms with Crippen LogP contribution < -0.4 is 5.32 Å². The van der Waals surface area contributed by atoms with Crippen molar-refractivity contribution in [2.75, 3.05) is 11.9 Å². The van der Waals surface area contributed by atoms with Crippen molar-refractivity contribution in [1.82, 2.24) is 14.9 Å². The summed E-state index contributed by atoms with van der Waals surface area (Å²) in [5.74, 6) is -0.211. The van der Waals surface area contributed by atoms with Crippen LogP contribution in [0.2, 0.25) is 10.0 Å². The molecular weight excluding hydrogens is 415 g/mol. The highest BCUT2D eigenvalue weighted by atomic mass is 35.5. The number of thiazole rings is 1. The number of rotatable bonds is 5. The highest BCUT2D eigenvalue weighted by molar-refractivity contribution is 7.14. The van der Waals surface area contributed by atoms with Gasteiger partial charge in [-0.25, -0.2) is 4.98 Å². The molecule has 1 aliphatic rings. The Morgan fingerprint density at radius 1 is 1.25 bits per heavy atom. The Morgan fingerprint density at radius 3 is 2.93 bits per heavy atom. The molecular formula is C20H18Cl2N4OS. The van der Waals surface area contributed by atoms with Gasteiger partial charge in [0.1, 0.15) is 0 Å². The maximum Gasteiger partial charge on any atom is 0.257 e. The van der Waals surface area contributed by atoms with Gasteiger partial charge in [-0.15, -0.1) is 11.3 Å². The minimum atomic E-state index is -0.211. The lowest BCUT2D eigenvalue weighted by molar-refractivity contribution is 0.102. The lowest BCUT2D eigenvalue weighted by atomic mass is 10.1. The molecule has 5 nitrogen and oxygen atoms in total. The first-order valence-electron chi connectivity index (χ1n) is 8.95. The van der Waals surface area contributed by atoms with Crippen LogP contribution in [0.25, 0.3) is 0 Å². The Balaban J connectivity index is 1.44. The van der Waals surface area contributed by atoms with Crippen LogP contribution in [0.5, 0.6) is 0 Å². The molecule has 3 aromatic rings. The van der Waals surface area contributed by atoms with E-state index in [1.165, 1.54) is 11.3 Å².